The predicted molar refractivity (Wildman–Crippen MR) is 55.6 cm³/mol. The largest absolute Gasteiger partial charge is 0.265 e. The summed E-state index contributed by atoms with van der Waals surface area (Å²) in [6.45, 7) is 2.17. The highest BCUT2D eigenvalue weighted by Gasteiger charge is 1.99. The molecule has 0 amide bonds. The van der Waals surface area contributed by atoms with E-state index in [2.05, 4.69) is 36.7 Å². The van der Waals surface area contributed by atoms with E-state index < -0.39 is 0 Å². The molecule has 0 fully saturated rings. The van der Waals surface area contributed by atoms with E-state index >= 15 is 0 Å². The Balaban J connectivity index is 2.33. The van der Waals surface area contributed by atoms with E-state index in [0.717, 1.165) is 19.3 Å². The lowest BCUT2D eigenvalue weighted by atomic mass is 10.1. The van der Waals surface area contributed by atoms with E-state index in [9.17, 15) is 0 Å². The van der Waals surface area contributed by atoms with Crippen molar-refractivity contribution in [1.82, 2.24) is 4.98 Å². The summed E-state index contributed by atoms with van der Waals surface area (Å²) in [6, 6.07) is 4.13. The van der Waals surface area contributed by atoms with Crippen molar-refractivity contribution in [2.45, 2.75) is 31.4 Å². The standard InChI is InChI=1S/C10H15NS/c1-2-10(12)4-3-9-5-7-11-8-6-9/h5-8,10,12H,2-4H2,1H3. The molecule has 0 saturated carbocycles. The number of aryl methyl sites for hydroxylation is 1. The number of aromatic nitrogens is 1. The van der Waals surface area contributed by atoms with Gasteiger partial charge in [0.25, 0.3) is 0 Å². The Hall–Kier alpha value is -0.500. The maximum atomic E-state index is 4.44. The highest BCUT2D eigenvalue weighted by atomic mass is 32.1. The van der Waals surface area contributed by atoms with Crippen LogP contribution in [0.3, 0.4) is 0 Å². The number of hydrogen-bond acceptors (Lipinski definition) is 2. The van der Waals surface area contributed by atoms with Crippen LogP contribution in [0.2, 0.25) is 0 Å². The first-order valence-corrected chi connectivity index (χ1v) is 4.91. The fourth-order valence-electron chi connectivity index (χ4n) is 1.09. The zero-order chi connectivity index (χ0) is 8.81. The zero-order valence-corrected chi connectivity index (χ0v) is 8.30. The van der Waals surface area contributed by atoms with Gasteiger partial charge in [0.1, 0.15) is 0 Å². The molecule has 0 aromatic carbocycles. The fourth-order valence-corrected chi connectivity index (χ4v) is 1.22. The molecule has 0 saturated heterocycles. The van der Waals surface area contributed by atoms with Gasteiger partial charge in [0.2, 0.25) is 0 Å². The molecule has 1 unspecified atom stereocenters. The summed E-state index contributed by atoms with van der Waals surface area (Å²) >= 11 is 4.44. The Morgan fingerprint density at radius 1 is 1.42 bits per heavy atom. The van der Waals surface area contributed by atoms with E-state index in [0.29, 0.717) is 5.25 Å². The molecule has 1 rings (SSSR count). The molecule has 1 aromatic rings. The van der Waals surface area contributed by atoms with Crippen LogP contribution in [-0.2, 0) is 6.42 Å². The second kappa shape index (κ2) is 5.20. The van der Waals surface area contributed by atoms with Crippen LogP contribution in [0.4, 0.5) is 0 Å². The predicted octanol–water partition coefficient (Wildman–Crippen LogP) is 2.72. The molecule has 2 heteroatoms. The third-order valence-corrected chi connectivity index (χ3v) is 2.61. The van der Waals surface area contributed by atoms with E-state index in [1.54, 1.807) is 0 Å². The van der Waals surface area contributed by atoms with Crippen LogP contribution in [0.15, 0.2) is 24.5 Å². The Kier molecular flexibility index (Phi) is 4.15. The minimum atomic E-state index is 0.540. The van der Waals surface area contributed by atoms with Gasteiger partial charge in [-0.25, -0.2) is 0 Å². The van der Waals surface area contributed by atoms with Crippen molar-refractivity contribution in [3.05, 3.63) is 30.1 Å². The molecular weight excluding hydrogens is 166 g/mol. The van der Waals surface area contributed by atoms with Crippen LogP contribution in [0.5, 0.6) is 0 Å². The van der Waals surface area contributed by atoms with Crippen LogP contribution in [0.25, 0.3) is 0 Å². The van der Waals surface area contributed by atoms with Crippen molar-refractivity contribution in [2.24, 2.45) is 0 Å². The smallest absolute Gasteiger partial charge is 0.0270 e. The van der Waals surface area contributed by atoms with E-state index in [-0.39, 0.29) is 0 Å². The zero-order valence-electron chi connectivity index (χ0n) is 7.40. The lowest BCUT2D eigenvalue weighted by Crippen LogP contribution is -1.98. The molecule has 0 aliphatic rings. The van der Waals surface area contributed by atoms with Crippen molar-refractivity contribution in [2.75, 3.05) is 0 Å². The molecule has 66 valence electrons. The Labute approximate surface area is 79.6 Å². The van der Waals surface area contributed by atoms with Gasteiger partial charge in [-0.15, -0.1) is 0 Å². The quantitative estimate of drug-likeness (QED) is 0.705. The van der Waals surface area contributed by atoms with Crippen LogP contribution >= 0.6 is 12.6 Å². The molecule has 0 spiro atoms. The third-order valence-electron chi connectivity index (χ3n) is 1.99. The maximum Gasteiger partial charge on any atom is 0.0270 e. The lowest BCUT2D eigenvalue weighted by Gasteiger charge is -2.06. The normalized spacial score (nSPS) is 12.8. The number of nitrogens with zero attached hydrogens (tertiary/aromatic N) is 1. The summed E-state index contributed by atoms with van der Waals surface area (Å²) in [5.74, 6) is 0. The molecule has 0 aliphatic heterocycles. The van der Waals surface area contributed by atoms with Crippen molar-refractivity contribution in [3.8, 4) is 0 Å². The molecule has 1 atom stereocenters. The summed E-state index contributed by atoms with van der Waals surface area (Å²) in [6.07, 6.45) is 7.10. The van der Waals surface area contributed by atoms with Crippen LogP contribution in [-0.4, -0.2) is 10.2 Å². The summed E-state index contributed by atoms with van der Waals surface area (Å²) in [5.41, 5.74) is 1.36. The van der Waals surface area contributed by atoms with Crippen molar-refractivity contribution >= 4 is 12.6 Å². The van der Waals surface area contributed by atoms with E-state index in [4.69, 9.17) is 0 Å². The van der Waals surface area contributed by atoms with E-state index in [1.165, 1.54) is 5.56 Å². The first kappa shape index (κ1) is 9.59. The van der Waals surface area contributed by atoms with Gasteiger partial charge in [-0.2, -0.15) is 12.6 Å². The van der Waals surface area contributed by atoms with Gasteiger partial charge < -0.3 is 0 Å². The van der Waals surface area contributed by atoms with Crippen molar-refractivity contribution in [1.29, 1.82) is 0 Å². The minimum Gasteiger partial charge on any atom is -0.265 e. The Morgan fingerprint density at radius 3 is 2.67 bits per heavy atom. The molecule has 1 heterocycles. The SMILES string of the molecule is CCC(S)CCc1ccncc1. The number of hydrogen-bond donors (Lipinski definition) is 1. The third kappa shape index (κ3) is 3.26. The highest BCUT2D eigenvalue weighted by molar-refractivity contribution is 7.80. The summed E-state index contributed by atoms with van der Waals surface area (Å²) in [4.78, 5) is 3.97. The molecular formula is C10H15NS. The summed E-state index contributed by atoms with van der Waals surface area (Å²) < 4.78 is 0. The molecule has 12 heavy (non-hydrogen) atoms. The first-order valence-electron chi connectivity index (χ1n) is 4.40. The summed E-state index contributed by atoms with van der Waals surface area (Å²) in [5, 5.41) is 0.540. The molecule has 0 N–H and O–H groups in total. The molecule has 0 aliphatic carbocycles. The second-order valence-electron chi connectivity index (χ2n) is 2.96. The van der Waals surface area contributed by atoms with Gasteiger partial charge >= 0.3 is 0 Å². The first-order chi connectivity index (χ1) is 5.83. The lowest BCUT2D eigenvalue weighted by molar-refractivity contribution is 0.739. The van der Waals surface area contributed by atoms with Gasteiger partial charge in [-0.05, 0) is 37.0 Å². The van der Waals surface area contributed by atoms with Crippen LogP contribution in [0, 0.1) is 0 Å². The van der Waals surface area contributed by atoms with Gasteiger partial charge in [-0.1, -0.05) is 6.92 Å². The highest BCUT2D eigenvalue weighted by Crippen LogP contribution is 2.10. The van der Waals surface area contributed by atoms with Crippen LogP contribution < -0.4 is 0 Å². The van der Waals surface area contributed by atoms with Crippen molar-refractivity contribution < 1.29 is 0 Å². The number of thiol groups is 1. The van der Waals surface area contributed by atoms with E-state index in [1.807, 2.05) is 12.4 Å². The topological polar surface area (TPSA) is 12.9 Å². The molecule has 1 nitrogen and oxygen atoms in total. The molecule has 1 aromatic heterocycles. The van der Waals surface area contributed by atoms with Crippen molar-refractivity contribution in [3.63, 3.8) is 0 Å². The fraction of sp³-hybridized carbons (Fsp3) is 0.500. The Morgan fingerprint density at radius 2 is 2.08 bits per heavy atom. The number of rotatable bonds is 4. The molecule has 0 radical (unpaired) electrons. The monoisotopic (exact) mass is 181 g/mol. The van der Waals surface area contributed by atoms with Gasteiger partial charge in [0.15, 0.2) is 0 Å². The minimum absolute atomic E-state index is 0.540. The summed E-state index contributed by atoms with van der Waals surface area (Å²) in [7, 11) is 0. The van der Waals surface area contributed by atoms with Gasteiger partial charge in [0, 0.05) is 17.6 Å². The molecule has 0 bridgehead atoms. The van der Waals surface area contributed by atoms with Crippen LogP contribution in [0.1, 0.15) is 25.3 Å². The average molecular weight is 181 g/mol. The van der Waals surface area contributed by atoms with Gasteiger partial charge in [-0.3, -0.25) is 4.98 Å². The second-order valence-corrected chi connectivity index (χ2v) is 3.69. The average Bonchev–Trinajstić information content (AvgIpc) is 2.16. The van der Waals surface area contributed by atoms with Gasteiger partial charge in [0.05, 0.1) is 0 Å². The maximum absolute atomic E-state index is 4.44. The number of pyridine rings is 1. The Bertz CT molecular complexity index is 210.